The van der Waals surface area contributed by atoms with Gasteiger partial charge in [-0.05, 0) is 37.6 Å². The average Bonchev–Trinajstić information content (AvgIpc) is 2.86. The van der Waals surface area contributed by atoms with Gasteiger partial charge in [0.15, 0.2) is 5.78 Å². The number of pyridine rings is 1. The van der Waals surface area contributed by atoms with Crippen LogP contribution in [-0.4, -0.2) is 15.3 Å². The van der Waals surface area contributed by atoms with Crippen molar-refractivity contribution >= 4 is 5.78 Å². The van der Waals surface area contributed by atoms with Crippen LogP contribution in [0.15, 0.2) is 36.7 Å². The minimum atomic E-state index is -0.700. The molecule has 2 heterocycles. The maximum Gasteiger partial charge on any atom is 0.237 e. The second-order valence-corrected chi connectivity index (χ2v) is 6.34. The predicted molar refractivity (Wildman–Crippen MR) is 82.3 cm³/mol. The van der Waals surface area contributed by atoms with E-state index in [0.717, 1.165) is 11.3 Å². The summed E-state index contributed by atoms with van der Waals surface area (Å²) >= 11 is 0. The van der Waals surface area contributed by atoms with E-state index in [1.807, 2.05) is 71.3 Å². The molecule has 21 heavy (non-hydrogen) atoms. The molecule has 0 aliphatic carbocycles. The van der Waals surface area contributed by atoms with E-state index in [1.165, 1.54) is 0 Å². The third kappa shape index (κ3) is 3.72. The monoisotopic (exact) mass is 286 g/mol. The minimum Gasteiger partial charge on any atom is -0.446 e. The Kier molecular flexibility index (Phi) is 4.16. The van der Waals surface area contributed by atoms with Gasteiger partial charge < -0.3 is 9.30 Å². The summed E-state index contributed by atoms with van der Waals surface area (Å²) in [5.74, 6) is 0.489. The van der Waals surface area contributed by atoms with E-state index in [4.69, 9.17) is 4.74 Å². The Hall–Kier alpha value is -2.10. The second kappa shape index (κ2) is 5.72. The van der Waals surface area contributed by atoms with Crippen molar-refractivity contribution in [2.75, 3.05) is 0 Å². The van der Waals surface area contributed by atoms with E-state index in [0.29, 0.717) is 5.88 Å². The van der Waals surface area contributed by atoms with Gasteiger partial charge in [-0.1, -0.05) is 20.8 Å². The Morgan fingerprint density at radius 1 is 1.19 bits per heavy atom. The maximum absolute atomic E-state index is 12.7. The number of nitrogens with zero attached hydrogens (tertiary/aromatic N) is 2. The zero-order valence-electron chi connectivity index (χ0n) is 13.3. The lowest BCUT2D eigenvalue weighted by atomic mass is 9.89. The highest BCUT2D eigenvalue weighted by molar-refractivity contribution is 5.86. The summed E-state index contributed by atoms with van der Waals surface area (Å²) in [6, 6.07) is 7.57. The van der Waals surface area contributed by atoms with Crippen molar-refractivity contribution in [2.24, 2.45) is 5.41 Å². The van der Waals surface area contributed by atoms with Gasteiger partial charge in [-0.3, -0.25) is 4.79 Å². The lowest BCUT2D eigenvalue weighted by molar-refractivity contribution is -0.137. The summed E-state index contributed by atoms with van der Waals surface area (Å²) in [6.07, 6.45) is 2.96. The molecule has 4 heteroatoms. The van der Waals surface area contributed by atoms with Gasteiger partial charge in [0, 0.05) is 29.6 Å². The molecule has 0 aromatic carbocycles. The van der Waals surface area contributed by atoms with Crippen LogP contribution in [-0.2, 0) is 4.79 Å². The number of carbonyl (C=O) groups excluding carboxylic acids is 1. The first-order chi connectivity index (χ1) is 9.77. The molecule has 4 nitrogen and oxygen atoms in total. The number of hydrogen-bond donors (Lipinski definition) is 0. The normalized spacial score (nSPS) is 13.0. The number of hydrogen-bond acceptors (Lipinski definition) is 3. The van der Waals surface area contributed by atoms with E-state index >= 15 is 0 Å². The highest BCUT2D eigenvalue weighted by atomic mass is 16.5. The van der Waals surface area contributed by atoms with Crippen LogP contribution < -0.4 is 4.74 Å². The second-order valence-electron chi connectivity index (χ2n) is 6.34. The molecule has 0 N–H and O–H groups in total. The van der Waals surface area contributed by atoms with E-state index < -0.39 is 11.6 Å². The Labute approximate surface area is 125 Å². The molecule has 2 aromatic rings. The number of aromatic nitrogens is 2. The highest BCUT2D eigenvalue weighted by Crippen LogP contribution is 2.26. The van der Waals surface area contributed by atoms with Crippen molar-refractivity contribution in [1.82, 2.24) is 9.55 Å². The smallest absolute Gasteiger partial charge is 0.237 e. The van der Waals surface area contributed by atoms with E-state index in [9.17, 15) is 4.79 Å². The lowest BCUT2D eigenvalue weighted by Crippen LogP contribution is -2.33. The van der Waals surface area contributed by atoms with Gasteiger partial charge in [0.1, 0.15) is 0 Å². The molecule has 0 saturated heterocycles. The summed E-state index contributed by atoms with van der Waals surface area (Å²) in [5, 5.41) is 0. The molecule has 0 amide bonds. The van der Waals surface area contributed by atoms with Gasteiger partial charge in [-0.25, -0.2) is 4.98 Å². The van der Waals surface area contributed by atoms with Crippen LogP contribution in [0.2, 0.25) is 0 Å². The van der Waals surface area contributed by atoms with Crippen molar-refractivity contribution in [3.05, 3.63) is 47.9 Å². The zero-order valence-corrected chi connectivity index (χ0v) is 13.3. The number of aryl methyl sites for hydroxylation is 2. The fourth-order valence-corrected chi connectivity index (χ4v) is 2.10. The van der Waals surface area contributed by atoms with E-state index in [-0.39, 0.29) is 5.78 Å². The van der Waals surface area contributed by atoms with Gasteiger partial charge in [-0.2, -0.15) is 0 Å². The third-order valence-corrected chi connectivity index (χ3v) is 3.17. The summed E-state index contributed by atoms with van der Waals surface area (Å²) in [6.45, 7) is 9.58. The molecule has 0 aliphatic heterocycles. The molecule has 2 aromatic heterocycles. The molecule has 112 valence electrons. The van der Waals surface area contributed by atoms with Crippen LogP contribution in [0, 0.1) is 19.3 Å². The minimum absolute atomic E-state index is 0.0136. The molecule has 0 bridgehead atoms. The summed E-state index contributed by atoms with van der Waals surface area (Å²) in [7, 11) is 0. The summed E-state index contributed by atoms with van der Waals surface area (Å²) < 4.78 is 7.68. The fourth-order valence-electron chi connectivity index (χ4n) is 2.10. The molecular weight excluding hydrogens is 264 g/mol. The first kappa shape index (κ1) is 15.3. The molecule has 0 aliphatic rings. The Morgan fingerprint density at radius 2 is 1.81 bits per heavy atom. The fraction of sp³-hybridized carbons (Fsp3) is 0.412. The maximum atomic E-state index is 12.7. The molecule has 0 saturated carbocycles. The van der Waals surface area contributed by atoms with E-state index in [1.54, 1.807) is 4.57 Å². The average molecular weight is 286 g/mol. The lowest BCUT2D eigenvalue weighted by Gasteiger charge is -2.26. The van der Waals surface area contributed by atoms with Gasteiger partial charge in [0.2, 0.25) is 12.1 Å². The summed E-state index contributed by atoms with van der Waals surface area (Å²) in [4.78, 5) is 17.0. The first-order valence-electron chi connectivity index (χ1n) is 7.06. The predicted octanol–water partition coefficient (Wildman–Crippen LogP) is 3.69. The molecule has 0 radical (unpaired) electrons. The quantitative estimate of drug-likeness (QED) is 0.861. The summed E-state index contributed by atoms with van der Waals surface area (Å²) in [5.41, 5.74) is 1.44. The molecule has 1 atom stereocenters. The Balaban J connectivity index is 2.35. The number of ketones is 1. The van der Waals surface area contributed by atoms with Crippen molar-refractivity contribution < 1.29 is 9.53 Å². The van der Waals surface area contributed by atoms with Crippen LogP contribution in [0.3, 0.4) is 0 Å². The van der Waals surface area contributed by atoms with E-state index in [2.05, 4.69) is 4.98 Å². The van der Waals surface area contributed by atoms with Crippen molar-refractivity contribution in [3.63, 3.8) is 0 Å². The van der Waals surface area contributed by atoms with Gasteiger partial charge in [-0.15, -0.1) is 0 Å². The van der Waals surface area contributed by atoms with Crippen LogP contribution >= 0.6 is 0 Å². The zero-order chi connectivity index (χ0) is 15.6. The number of carbonyl (C=O) groups is 1. The topological polar surface area (TPSA) is 44.1 Å². The number of ether oxygens (including phenoxy) is 1. The third-order valence-electron chi connectivity index (χ3n) is 3.17. The van der Waals surface area contributed by atoms with Gasteiger partial charge >= 0.3 is 0 Å². The van der Waals surface area contributed by atoms with Crippen LogP contribution in [0.4, 0.5) is 0 Å². The van der Waals surface area contributed by atoms with Crippen molar-refractivity contribution in [1.29, 1.82) is 0 Å². The van der Waals surface area contributed by atoms with Crippen molar-refractivity contribution in [3.8, 4) is 5.88 Å². The molecule has 0 fully saturated rings. The van der Waals surface area contributed by atoms with Crippen molar-refractivity contribution in [2.45, 2.75) is 40.8 Å². The van der Waals surface area contributed by atoms with Gasteiger partial charge in [0.25, 0.3) is 0 Å². The number of Topliss-reactive ketones (excluding diaryl/α,β-unsaturated/α-hetero) is 1. The van der Waals surface area contributed by atoms with Crippen LogP contribution in [0.1, 0.15) is 38.3 Å². The van der Waals surface area contributed by atoms with Crippen LogP contribution in [0.5, 0.6) is 5.88 Å². The molecule has 2 rings (SSSR count). The Morgan fingerprint density at radius 3 is 2.33 bits per heavy atom. The molecule has 0 spiro atoms. The highest BCUT2D eigenvalue weighted by Gasteiger charge is 2.32. The first-order valence-corrected chi connectivity index (χ1v) is 7.06. The SMILES string of the molecule is Cc1cc(C)nc(OC(C(=O)C(C)(C)C)n2cccc2)c1. The largest absolute Gasteiger partial charge is 0.446 e. The standard InChI is InChI=1S/C17H22N2O2/c1-12-10-13(2)18-14(11-12)21-16(15(20)17(3,4)5)19-8-6-7-9-19/h6-11,16H,1-5H3. The van der Waals surface area contributed by atoms with Gasteiger partial charge in [0.05, 0.1) is 0 Å². The number of rotatable bonds is 4. The Bertz CT molecular complexity index is 604. The molecular formula is C17H22N2O2. The van der Waals surface area contributed by atoms with Crippen LogP contribution in [0.25, 0.3) is 0 Å². The molecule has 1 unspecified atom stereocenters.